The number of rotatable bonds is 3. The van der Waals surface area contributed by atoms with Crippen LogP contribution >= 0.6 is 0 Å². The van der Waals surface area contributed by atoms with Crippen molar-refractivity contribution >= 4 is 5.69 Å². The Kier molecular flexibility index (Phi) is 3.74. The molecule has 0 aliphatic heterocycles. The fourth-order valence-electron chi connectivity index (χ4n) is 3.22. The summed E-state index contributed by atoms with van der Waals surface area (Å²) in [6, 6.07) is 14.3. The smallest absolute Gasteiger partial charge is 0.120 e. The number of hydrogen-bond acceptors (Lipinski definition) is 3. The Bertz CT molecular complexity index is 639. The summed E-state index contributed by atoms with van der Waals surface area (Å²) in [6.45, 7) is 0. The first-order valence-electron chi connectivity index (χ1n) is 7.38. The van der Waals surface area contributed by atoms with Crippen LogP contribution in [0, 0.1) is 0 Å². The molecule has 0 heterocycles. The molecule has 3 heteroatoms. The molecule has 2 aromatic rings. The molecule has 1 unspecified atom stereocenters. The lowest BCUT2D eigenvalue weighted by atomic mass is 9.86. The van der Waals surface area contributed by atoms with Gasteiger partial charge >= 0.3 is 0 Å². The Labute approximate surface area is 125 Å². The highest BCUT2D eigenvalue weighted by molar-refractivity contribution is 5.54. The van der Waals surface area contributed by atoms with Gasteiger partial charge in [0.1, 0.15) is 11.5 Å². The lowest BCUT2D eigenvalue weighted by Crippen LogP contribution is -2.27. The van der Waals surface area contributed by atoms with Crippen LogP contribution in [0.25, 0.3) is 0 Å². The minimum Gasteiger partial charge on any atom is -0.508 e. The molecule has 1 N–H and O–H groups in total. The molecular formula is C18H21NO2. The number of phenolic OH excluding ortho intramolecular Hbond substituents is 1. The van der Waals surface area contributed by atoms with Gasteiger partial charge in [0.05, 0.1) is 13.2 Å². The van der Waals surface area contributed by atoms with Gasteiger partial charge in [-0.25, -0.2) is 0 Å². The number of aromatic hydroxyl groups is 1. The molecule has 3 nitrogen and oxygen atoms in total. The van der Waals surface area contributed by atoms with Gasteiger partial charge in [0.25, 0.3) is 0 Å². The lowest BCUT2D eigenvalue weighted by molar-refractivity contribution is 0.414. The van der Waals surface area contributed by atoms with Gasteiger partial charge in [-0.05, 0) is 48.6 Å². The first-order chi connectivity index (χ1) is 10.2. The van der Waals surface area contributed by atoms with Crippen LogP contribution in [0.15, 0.2) is 42.5 Å². The second kappa shape index (κ2) is 5.68. The van der Waals surface area contributed by atoms with E-state index >= 15 is 0 Å². The van der Waals surface area contributed by atoms with Crippen LogP contribution in [0.3, 0.4) is 0 Å². The molecule has 110 valence electrons. The highest BCUT2D eigenvalue weighted by Crippen LogP contribution is 2.39. The van der Waals surface area contributed by atoms with Crippen molar-refractivity contribution in [2.45, 2.75) is 25.3 Å². The number of fused-ring (bicyclic) bond motifs is 1. The largest absolute Gasteiger partial charge is 0.508 e. The summed E-state index contributed by atoms with van der Waals surface area (Å²) in [5.74, 6) is 1.29. The van der Waals surface area contributed by atoms with E-state index in [9.17, 15) is 5.11 Å². The number of methoxy groups -OCH3 is 1. The maximum Gasteiger partial charge on any atom is 0.120 e. The Morgan fingerprint density at radius 1 is 1.19 bits per heavy atom. The van der Waals surface area contributed by atoms with Gasteiger partial charge in [-0.3, -0.25) is 0 Å². The predicted octanol–water partition coefficient (Wildman–Crippen LogP) is 3.91. The van der Waals surface area contributed by atoms with E-state index in [-0.39, 0.29) is 0 Å². The van der Waals surface area contributed by atoms with E-state index in [0.717, 1.165) is 36.3 Å². The number of ether oxygens (including phenoxy) is 1. The molecule has 0 aromatic heterocycles. The third kappa shape index (κ3) is 2.56. The molecule has 0 amide bonds. The lowest BCUT2D eigenvalue weighted by Gasteiger charge is -2.35. The van der Waals surface area contributed by atoms with E-state index in [2.05, 4.69) is 30.1 Å². The SMILES string of the molecule is COc1cccc(N(C)C2CCCc3c(O)cccc32)c1. The zero-order chi connectivity index (χ0) is 14.8. The molecule has 0 radical (unpaired) electrons. The molecule has 3 rings (SSSR count). The zero-order valence-corrected chi connectivity index (χ0v) is 12.5. The first-order valence-corrected chi connectivity index (χ1v) is 7.38. The molecule has 0 saturated heterocycles. The Morgan fingerprint density at radius 2 is 2.00 bits per heavy atom. The Balaban J connectivity index is 1.96. The minimum absolute atomic E-state index is 0.299. The van der Waals surface area contributed by atoms with Crippen LogP contribution in [0.1, 0.15) is 30.0 Å². The normalized spacial score (nSPS) is 17.1. The predicted molar refractivity (Wildman–Crippen MR) is 85.2 cm³/mol. The van der Waals surface area contributed by atoms with E-state index in [0.29, 0.717) is 11.8 Å². The van der Waals surface area contributed by atoms with E-state index < -0.39 is 0 Å². The van der Waals surface area contributed by atoms with E-state index in [1.807, 2.05) is 18.2 Å². The number of benzene rings is 2. The maximum absolute atomic E-state index is 10.1. The molecule has 21 heavy (non-hydrogen) atoms. The van der Waals surface area contributed by atoms with Crippen molar-refractivity contribution < 1.29 is 9.84 Å². The molecule has 0 bridgehead atoms. The van der Waals surface area contributed by atoms with Gasteiger partial charge in [-0.2, -0.15) is 0 Å². The van der Waals surface area contributed by atoms with Crippen molar-refractivity contribution in [3.63, 3.8) is 0 Å². The molecule has 1 aliphatic rings. The maximum atomic E-state index is 10.1. The fourth-order valence-corrected chi connectivity index (χ4v) is 3.22. The molecule has 0 saturated carbocycles. The monoisotopic (exact) mass is 283 g/mol. The minimum atomic E-state index is 0.299. The van der Waals surface area contributed by atoms with Crippen molar-refractivity contribution in [1.29, 1.82) is 0 Å². The molecular weight excluding hydrogens is 262 g/mol. The molecule has 2 aromatic carbocycles. The third-order valence-electron chi connectivity index (χ3n) is 4.38. The average Bonchev–Trinajstić information content (AvgIpc) is 2.54. The Hall–Kier alpha value is -2.16. The van der Waals surface area contributed by atoms with Crippen molar-refractivity contribution in [3.8, 4) is 11.5 Å². The topological polar surface area (TPSA) is 32.7 Å². The van der Waals surface area contributed by atoms with E-state index in [1.165, 1.54) is 5.56 Å². The van der Waals surface area contributed by atoms with Gasteiger partial charge < -0.3 is 14.7 Å². The standard InChI is InChI=1S/C18H21NO2/c1-19(13-6-3-7-14(12-13)21-2)17-10-4-9-16-15(17)8-5-11-18(16)20/h3,5-8,11-12,17,20H,4,9-10H2,1-2H3. The van der Waals surface area contributed by atoms with Crippen molar-refractivity contribution in [2.24, 2.45) is 0 Å². The van der Waals surface area contributed by atoms with E-state index in [1.54, 1.807) is 13.2 Å². The third-order valence-corrected chi connectivity index (χ3v) is 4.38. The van der Waals surface area contributed by atoms with Crippen LogP contribution in [0.2, 0.25) is 0 Å². The highest BCUT2D eigenvalue weighted by Gasteiger charge is 2.25. The van der Waals surface area contributed by atoms with Crippen molar-refractivity contribution in [2.75, 3.05) is 19.1 Å². The van der Waals surface area contributed by atoms with Gasteiger partial charge in [0, 0.05) is 18.8 Å². The molecule has 1 atom stereocenters. The summed E-state index contributed by atoms with van der Waals surface area (Å²) in [6.07, 6.45) is 3.16. The van der Waals surface area contributed by atoms with Crippen LogP contribution in [0.5, 0.6) is 11.5 Å². The summed E-state index contributed by atoms with van der Waals surface area (Å²) in [5, 5.41) is 10.1. The number of phenols is 1. The van der Waals surface area contributed by atoms with Crippen LogP contribution in [-0.4, -0.2) is 19.3 Å². The first kappa shape index (κ1) is 13.8. The quantitative estimate of drug-likeness (QED) is 0.927. The zero-order valence-electron chi connectivity index (χ0n) is 12.5. The second-order valence-electron chi connectivity index (χ2n) is 5.57. The second-order valence-corrected chi connectivity index (χ2v) is 5.57. The molecule has 0 spiro atoms. The summed E-state index contributed by atoms with van der Waals surface area (Å²) < 4.78 is 5.31. The summed E-state index contributed by atoms with van der Waals surface area (Å²) in [7, 11) is 3.80. The number of anilines is 1. The fraction of sp³-hybridized carbons (Fsp3) is 0.333. The van der Waals surface area contributed by atoms with Crippen LogP contribution < -0.4 is 9.64 Å². The molecule has 0 fully saturated rings. The Morgan fingerprint density at radius 3 is 2.81 bits per heavy atom. The average molecular weight is 283 g/mol. The van der Waals surface area contributed by atoms with E-state index in [4.69, 9.17) is 4.74 Å². The van der Waals surface area contributed by atoms with Gasteiger partial charge in [-0.1, -0.05) is 18.2 Å². The number of hydrogen-bond donors (Lipinski definition) is 1. The van der Waals surface area contributed by atoms with Crippen LogP contribution in [-0.2, 0) is 6.42 Å². The molecule has 1 aliphatic carbocycles. The number of nitrogens with zero attached hydrogens (tertiary/aromatic N) is 1. The van der Waals surface area contributed by atoms with Gasteiger partial charge in [-0.15, -0.1) is 0 Å². The highest BCUT2D eigenvalue weighted by atomic mass is 16.5. The van der Waals surface area contributed by atoms with Crippen molar-refractivity contribution in [1.82, 2.24) is 0 Å². The summed E-state index contributed by atoms with van der Waals surface area (Å²) in [4.78, 5) is 2.28. The van der Waals surface area contributed by atoms with Crippen molar-refractivity contribution in [3.05, 3.63) is 53.6 Å². The van der Waals surface area contributed by atoms with Gasteiger partial charge in [0.2, 0.25) is 0 Å². The summed E-state index contributed by atoms with van der Waals surface area (Å²) in [5.41, 5.74) is 3.48. The van der Waals surface area contributed by atoms with Gasteiger partial charge in [0.15, 0.2) is 0 Å². The van der Waals surface area contributed by atoms with Crippen LogP contribution in [0.4, 0.5) is 5.69 Å². The summed E-state index contributed by atoms with van der Waals surface area (Å²) >= 11 is 0.